The number of rotatable bonds is 4. The van der Waals surface area contributed by atoms with Crippen molar-refractivity contribution < 1.29 is 12.8 Å². The van der Waals surface area contributed by atoms with Crippen LogP contribution in [0, 0.1) is 5.82 Å². The van der Waals surface area contributed by atoms with Gasteiger partial charge in [0.05, 0.1) is 15.5 Å². The van der Waals surface area contributed by atoms with Crippen molar-refractivity contribution in [3.63, 3.8) is 0 Å². The maximum atomic E-state index is 13.0. The summed E-state index contributed by atoms with van der Waals surface area (Å²) in [5.74, 6) is -0.485. The van der Waals surface area contributed by atoms with Gasteiger partial charge in [-0.3, -0.25) is 0 Å². The minimum atomic E-state index is -3.78. The molecular weight excluding hydrogens is 341 g/mol. The predicted octanol–water partition coefficient (Wildman–Crippen LogP) is 2.51. The fraction of sp³-hybridized carbons (Fsp3) is 0.222. The van der Waals surface area contributed by atoms with E-state index in [9.17, 15) is 12.8 Å². The van der Waals surface area contributed by atoms with Gasteiger partial charge in [-0.15, -0.1) is 0 Å². The molecule has 0 spiro atoms. The molecule has 0 bridgehead atoms. The molecule has 132 valence electrons. The number of halogens is 1. The summed E-state index contributed by atoms with van der Waals surface area (Å²) in [7, 11) is -3.78. The minimum Gasteiger partial charge on any atom is -0.398 e. The Morgan fingerprint density at radius 3 is 2.24 bits per heavy atom. The normalized spacial score (nSPS) is 15.2. The maximum Gasteiger partial charge on any atom is 0.208 e. The van der Waals surface area contributed by atoms with Crippen LogP contribution in [0.15, 0.2) is 65.0 Å². The first kappa shape index (κ1) is 17.3. The molecule has 5 nitrogen and oxygen atoms in total. The molecule has 2 aromatic carbocycles. The van der Waals surface area contributed by atoms with Crippen molar-refractivity contribution in [2.45, 2.75) is 9.79 Å². The van der Waals surface area contributed by atoms with Gasteiger partial charge in [-0.25, -0.2) is 12.8 Å². The van der Waals surface area contributed by atoms with E-state index in [1.54, 1.807) is 12.1 Å². The summed E-state index contributed by atoms with van der Waals surface area (Å²) in [6, 6.07) is 9.69. The maximum absolute atomic E-state index is 13.0. The van der Waals surface area contributed by atoms with E-state index in [0.29, 0.717) is 0 Å². The lowest BCUT2D eigenvalue weighted by atomic mass is 10.2. The lowest BCUT2D eigenvalue weighted by Gasteiger charge is -2.35. The number of sulfone groups is 1. The number of nitrogen functional groups attached to an aromatic ring is 1. The van der Waals surface area contributed by atoms with Crippen molar-refractivity contribution in [1.29, 1.82) is 0 Å². The number of anilines is 2. The van der Waals surface area contributed by atoms with Crippen molar-refractivity contribution >= 4 is 21.2 Å². The highest BCUT2D eigenvalue weighted by Crippen LogP contribution is 2.30. The molecule has 25 heavy (non-hydrogen) atoms. The Kier molecular flexibility index (Phi) is 4.67. The molecule has 0 saturated carbocycles. The Balaban J connectivity index is 1.87. The molecule has 2 N–H and O–H groups in total. The van der Waals surface area contributed by atoms with Crippen molar-refractivity contribution in [3.05, 3.63) is 61.1 Å². The monoisotopic (exact) mass is 361 g/mol. The highest BCUT2D eigenvalue weighted by Gasteiger charge is 2.22. The first-order valence-corrected chi connectivity index (χ1v) is 9.42. The summed E-state index contributed by atoms with van der Waals surface area (Å²) in [5, 5.41) is 0. The van der Waals surface area contributed by atoms with E-state index in [0.717, 1.165) is 44.0 Å². The van der Waals surface area contributed by atoms with Crippen LogP contribution >= 0.6 is 0 Å². The van der Waals surface area contributed by atoms with Crippen molar-refractivity contribution in [1.82, 2.24) is 4.90 Å². The largest absolute Gasteiger partial charge is 0.398 e. The van der Waals surface area contributed by atoms with E-state index in [2.05, 4.69) is 16.4 Å². The fourth-order valence-electron chi connectivity index (χ4n) is 2.88. The zero-order valence-electron chi connectivity index (χ0n) is 13.7. The van der Waals surface area contributed by atoms with E-state index < -0.39 is 15.7 Å². The summed E-state index contributed by atoms with van der Waals surface area (Å²) >= 11 is 0. The lowest BCUT2D eigenvalue weighted by Crippen LogP contribution is -2.44. The number of nitrogens with two attached hydrogens (primary N) is 1. The fourth-order valence-corrected chi connectivity index (χ4v) is 4.25. The van der Waals surface area contributed by atoms with Crippen LogP contribution in [0.1, 0.15) is 0 Å². The predicted molar refractivity (Wildman–Crippen MR) is 96.7 cm³/mol. The first-order chi connectivity index (χ1) is 11.9. The molecule has 3 rings (SSSR count). The van der Waals surface area contributed by atoms with Gasteiger partial charge in [0, 0.05) is 31.9 Å². The number of piperazine rings is 1. The zero-order chi connectivity index (χ0) is 18.0. The SMILES string of the molecule is C=CN1CCN(c2ccc(S(=O)(=O)c3ccc(F)cc3)c(N)c2)CC1. The number of benzene rings is 2. The van der Waals surface area contributed by atoms with Gasteiger partial charge in [-0.1, -0.05) is 6.58 Å². The Labute approximate surface area is 147 Å². The molecule has 0 unspecified atom stereocenters. The molecule has 1 aliphatic heterocycles. The van der Waals surface area contributed by atoms with Crippen LogP contribution in [0.25, 0.3) is 0 Å². The average molecular weight is 361 g/mol. The van der Waals surface area contributed by atoms with Crippen LogP contribution < -0.4 is 10.6 Å². The number of hydrogen-bond acceptors (Lipinski definition) is 5. The average Bonchev–Trinajstić information content (AvgIpc) is 2.62. The lowest BCUT2D eigenvalue weighted by molar-refractivity contribution is 0.350. The minimum absolute atomic E-state index is 0.0212. The molecule has 7 heteroatoms. The van der Waals surface area contributed by atoms with Gasteiger partial charge in [-0.05, 0) is 48.7 Å². The summed E-state index contributed by atoms with van der Waals surface area (Å²) in [6.45, 7) is 7.12. The van der Waals surface area contributed by atoms with E-state index in [1.807, 2.05) is 6.20 Å². The van der Waals surface area contributed by atoms with Gasteiger partial charge in [0.15, 0.2) is 0 Å². The van der Waals surface area contributed by atoms with E-state index >= 15 is 0 Å². The summed E-state index contributed by atoms with van der Waals surface area (Å²) < 4.78 is 38.4. The molecule has 0 aliphatic carbocycles. The molecule has 0 atom stereocenters. The number of hydrogen-bond donors (Lipinski definition) is 1. The standard InChI is InChI=1S/C18H20FN3O2S/c1-2-21-9-11-22(12-10-21)15-5-8-18(17(20)13-15)25(23,24)16-6-3-14(19)4-7-16/h2-8,13H,1,9-12,20H2. The Hall–Kier alpha value is -2.54. The second kappa shape index (κ2) is 6.76. The van der Waals surface area contributed by atoms with Gasteiger partial charge in [0.1, 0.15) is 5.82 Å². The van der Waals surface area contributed by atoms with Gasteiger partial charge < -0.3 is 15.5 Å². The number of nitrogens with zero attached hydrogens (tertiary/aromatic N) is 2. The first-order valence-electron chi connectivity index (χ1n) is 7.93. The molecule has 1 aliphatic rings. The second-order valence-electron chi connectivity index (χ2n) is 5.89. The molecular formula is C18H20FN3O2S. The Morgan fingerprint density at radius 1 is 1.04 bits per heavy atom. The van der Waals surface area contributed by atoms with E-state index in [1.165, 1.54) is 18.2 Å². The summed E-state index contributed by atoms with van der Waals surface area (Å²) in [4.78, 5) is 4.35. The van der Waals surface area contributed by atoms with Crippen LogP contribution in [0.4, 0.5) is 15.8 Å². The van der Waals surface area contributed by atoms with E-state index in [-0.39, 0.29) is 15.5 Å². The van der Waals surface area contributed by atoms with Crippen LogP contribution in [0.2, 0.25) is 0 Å². The van der Waals surface area contributed by atoms with Crippen LogP contribution in [-0.2, 0) is 9.84 Å². The third-order valence-electron chi connectivity index (χ3n) is 4.34. The van der Waals surface area contributed by atoms with E-state index in [4.69, 9.17) is 5.73 Å². The molecule has 1 heterocycles. The van der Waals surface area contributed by atoms with Crippen LogP contribution in [0.3, 0.4) is 0 Å². The smallest absolute Gasteiger partial charge is 0.208 e. The topological polar surface area (TPSA) is 66.6 Å². The van der Waals surface area contributed by atoms with Gasteiger partial charge >= 0.3 is 0 Å². The van der Waals surface area contributed by atoms with Gasteiger partial charge in [0.2, 0.25) is 9.84 Å². The van der Waals surface area contributed by atoms with Crippen molar-refractivity contribution in [2.75, 3.05) is 36.8 Å². The molecule has 1 fully saturated rings. The van der Waals surface area contributed by atoms with Gasteiger partial charge in [-0.2, -0.15) is 0 Å². The quantitative estimate of drug-likeness (QED) is 0.669. The molecule has 2 aromatic rings. The Bertz CT molecular complexity index is 874. The van der Waals surface area contributed by atoms with Gasteiger partial charge in [0.25, 0.3) is 0 Å². The molecule has 1 saturated heterocycles. The molecule has 0 aromatic heterocycles. The van der Waals surface area contributed by atoms with Crippen LogP contribution in [-0.4, -0.2) is 39.5 Å². The summed E-state index contributed by atoms with van der Waals surface area (Å²) in [6.07, 6.45) is 1.82. The molecule has 0 radical (unpaired) electrons. The Morgan fingerprint density at radius 2 is 1.68 bits per heavy atom. The third kappa shape index (κ3) is 3.46. The molecule has 0 amide bonds. The third-order valence-corrected chi connectivity index (χ3v) is 6.19. The van der Waals surface area contributed by atoms with Crippen LogP contribution in [0.5, 0.6) is 0 Å². The highest BCUT2D eigenvalue weighted by atomic mass is 32.2. The van der Waals surface area contributed by atoms with Crippen molar-refractivity contribution in [3.8, 4) is 0 Å². The zero-order valence-corrected chi connectivity index (χ0v) is 14.5. The highest BCUT2D eigenvalue weighted by molar-refractivity contribution is 7.91. The van der Waals surface area contributed by atoms with Crippen molar-refractivity contribution in [2.24, 2.45) is 0 Å². The second-order valence-corrected chi connectivity index (χ2v) is 7.80. The summed E-state index contributed by atoms with van der Waals surface area (Å²) in [5.41, 5.74) is 7.10.